The summed E-state index contributed by atoms with van der Waals surface area (Å²) in [4.78, 5) is 7.77. The van der Waals surface area contributed by atoms with Crippen LogP contribution in [0.15, 0.2) is 40.2 Å². The molecule has 0 atom stereocenters. The number of rotatable bonds is 3. The molecule has 0 saturated heterocycles. The molecule has 15 heavy (non-hydrogen) atoms. The van der Waals surface area contributed by atoms with Crippen LogP contribution >= 0.6 is 0 Å². The fraction of sp³-hybridized carbons (Fsp3) is 0.273. The molecule has 0 heterocycles. The molecule has 0 unspecified atom stereocenters. The molecule has 80 valence electrons. The summed E-state index contributed by atoms with van der Waals surface area (Å²) in [7, 11) is 0. The van der Waals surface area contributed by atoms with Gasteiger partial charge in [0.15, 0.2) is 0 Å². The first-order valence-corrected chi connectivity index (χ1v) is 4.57. The van der Waals surface area contributed by atoms with E-state index in [0.717, 1.165) is 5.56 Å². The molecule has 4 nitrogen and oxygen atoms in total. The van der Waals surface area contributed by atoms with Gasteiger partial charge in [-0.25, -0.2) is 4.99 Å². The SMILES string of the molecule is [2H]c1cc(CCN=C(N)N=C(C)N)cc([2H])c1[2H]. The molecule has 4 heteroatoms. The third-order valence-electron chi connectivity index (χ3n) is 1.62. The highest BCUT2D eigenvalue weighted by atomic mass is 15.1. The maximum Gasteiger partial charge on any atom is 0.216 e. The van der Waals surface area contributed by atoms with Gasteiger partial charge in [0.05, 0.1) is 9.95 Å². The van der Waals surface area contributed by atoms with E-state index in [0.29, 0.717) is 18.8 Å². The van der Waals surface area contributed by atoms with Gasteiger partial charge in [-0.05, 0) is 18.9 Å². The number of nitrogens with two attached hydrogens (primary N) is 2. The minimum Gasteiger partial charge on any atom is -0.387 e. The lowest BCUT2D eigenvalue weighted by atomic mass is 10.2. The lowest BCUT2D eigenvalue weighted by Gasteiger charge is -1.97. The Bertz CT molecular complexity index is 470. The topological polar surface area (TPSA) is 76.8 Å². The fourth-order valence-electron chi connectivity index (χ4n) is 1.00. The van der Waals surface area contributed by atoms with Gasteiger partial charge in [-0.3, -0.25) is 4.99 Å². The van der Waals surface area contributed by atoms with Crippen molar-refractivity contribution in [2.75, 3.05) is 6.54 Å². The lowest BCUT2D eigenvalue weighted by Crippen LogP contribution is -2.16. The second kappa shape index (κ2) is 5.80. The van der Waals surface area contributed by atoms with E-state index in [1.54, 1.807) is 19.1 Å². The van der Waals surface area contributed by atoms with E-state index in [9.17, 15) is 0 Å². The third kappa shape index (κ3) is 4.81. The molecule has 1 rings (SSSR count). The molecule has 0 amide bonds. The van der Waals surface area contributed by atoms with E-state index >= 15 is 0 Å². The van der Waals surface area contributed by atoms with Crippen molar-refractivity contribution in [2.24, 2.45) is 21.5 Å². The van der Waals surface area contributed by atoms with Gasteiger partial charge in [-0.2, -0.15) is 0 Å². The third-order valence-corrected chi connectivity index (χ3v) is 1.62. The molecule has 4 N–H and O–H groups in total. The lowest BCUT2D eigenvalue weighted by molar-refractivity contribution is 0.962. The monoisotopic (exact) mass is 207 g/mol. The average Bonchev–Trinajstić information content (AvgIpc) is 2.24. The Morgan fingerprint density at radius 1 is 1.33 bits per heavy atom. The standard InChI is InChI=1S/C11H16N4/c1-9(12)15-11(13)14-8-7-10-5-3-2-4-6-10/h2-6H,7-8H2,1H3,(H4,12,13,14,15)/i2D,3D,4D. The number of benzene rings is 1. The Kier molecular flexibility index (Phi) is 2.88. The molecule has 0 fully saturated rings. The first kappa shape index (κ1) is 7.45. The van der Waals surface area contributed by atoms with Crippen molar-refractivity contribution in [1.82, 2.24) is 0 Å². The maximum absolute atomic E-state index is 7.51. The van der Waals surface area contributed by atoms with Crippen molar-refractivity contribution < 1.29 is 4.11 Å². The van der Waals surface area contributed by atoms with Crippen molar-refractivity contribution in [3.05, 3.63) is 35.8 Å². The first-order valence-electron chi connectivity index (χ1n) is 6.07. The van der Waals surface area contributed by atoms with Gasteiger partial charge in [0.1, 0.15) is 0 Å². The second-order valence-electron chi connectivity index (χ2n) is 3.02. The number of guanidine groups is 1. The largest absolute Gasteiger partial charge is 0.387 e. The highest BCUT2D eigenvalue weighted by molar-refractivity contribution is 5.93. The van der Waals surface area contributed by atoms with Crippen LogP contribution in [0.3, 0.4) is 0 Å². The van der Waals surface area contributed by atoms with Gasteiger partial charge < -0.3 is 11.5 Å². The Morgan fingerprint density at radius 3 is 2.60 bits per heavy atom. The minimum absolute atomic E-state index is 0.0466. The summed E-state index contributed by atoms with van der Waals surface area (Å²) in [6, 6.07) is 3.15. The second-order valence-corrected chi connectivity index (χ2v) is 3.02. The summed E-state index contributed by atoms with van der Waals surface area (Å²) in [5, 5.41) is 0. The van der Waals surface area contributed by atoms with E-state index in [1.165, 1.54) is 0 Å². The van der Waals surface area contributed by atoms with Crippen molar-refractivity contribution >= 4 is 11.8 Å². The Hall–Kier alpha value is -1.84. The summed E-state index contributed by atoms with van der Waals surface area (Å²) in [6.07, 6.45) is 0.540. The molecule has 0 aliphatic heterocycles. The predicted molar refractivity (Wildman–Crippen MR) is 63.9 cm³/mol. The molecule has 1 aromatic rings. The fourth-order valence-corrected chi connectivity index (χ4v) is 1.00. The van der Waals surface area contributed by atoms with Crippen LogP contribution in [0.2, 0.25) is 0 Å². The smallest absolute Gasteiger partial charge is 0.216 e. The average molecular weight is 207 g/mol. The number of hydrogen-bond donors (Lipinski definition) is 2. The van der Waals surface area contributed by atoms with E-state index in [-0.39, 0.29) is 24.1 Å². The molecule has 0 saturated carbocycles. The van der Waals surface area contributed by atoms with Crippen LogP contribution in [0.1, 0.15) is 16.6 Å². The highest BCUT2D eigenvalue weighted by Gasteiger charge is 1.91. The summed E-state index contributed by atoms with van der Waals surface area (Å²) >= 11 is 0. The number of amidine groups is 1. The van der Waals surface area contributed by atoms with Crippen LogP contribution in [0.5, 0.6) is 0 Å². The predicted octanol–water partition coefficient (Wildman–Crippen LogP) is 0.921. The zero-order valence-electron chi connectivity index (χ0n) is 11.6. The number of aliphatic imine (C=N–C) groups is 2. The van der Waals surface area contributed by atoms with Crippen LogP contribution in [0.4, 0.5) is 0 Å². The van der Waals surface area contributed by atoms with E-state index in [2.05, 4.69) is 9.98 Å². The molecule has 1 aromatic carbocycles. The van der Waals surface area contributed by atoms with Gasteiger partial charge in [-0.1, -0.05) is 30.3 Å². The Balaban J connectivity index is 2.68. The van der Waals surface area contributed by atoms with Crippen LogP contribution in [0.25, 0.3) is 0 Å². The van der Waals surface area contributed by atoms with Crippen LogP contribution in [-0.2, 0) is 6.42 Å². The molecule has 0 spiro atoms. The Morgan fingerprint density at radius 2 is 2.00 bits per heavy atom. The molecular formula is C11H16N4. The van der Waals surface area contributed by atoms with Crippen molar-refractivity contribution in [3.8, 4) is 0 Å². The molecular weight excluding hydrogens is 188 g/mol. The van der Waals surface area contributed by atoms with Gasteiger partial charge in [0.25, 0.3) is 0 Å². The minimum atomic E-state index is -0.0647. The molecule has 0 aliphatic carbocycles. The van der Waals surface area contributed by atoms with Gasteiger partial charge in [-0.15, -0.1) is 0 Å². The molecule has 0 bridgehead atoms. The van der Waals surface area contributed by atoms with Gasteiger partial charge in [0.2, 0.25) is 5.96 Å². The maximum atomic E-state index is 7.51. The molecule has 0 aliphatic rings. The number of nitrogens with zero attached hydrogens (tertiary/aromatic N) is 2. The summed E-state index contributed by atoms with van der Waals surface area (Å²) in [6.45, 7) is 2.02. The van der Waals surface area contributed by atoms with E-state index in [4.69, 9.17) is 15.6 Å². The summed E-state index contributed by atoms with van der Waals surface area (Å²) in [5.41, 5.74) is 11.6. The zero-order chi connectivity index (χ0) is 13.7. The zero-order valence-corrected chi connectivity index (χ0v) is 8.62. The van der Waals surface area contributed by atoms with Crippen molar-refractivity contribution in [2.45, 2.75) is 13.3 Å². The van der Waals surface area contributed by atoms with E-state index in [1.807, 2.05) is 0 Å². The summed E-state index contributed by atoms with van der Waals surface area (Å²) < 4.78 is 22.4. The Labute approximate surface area is 93.9 Å². The van der Waals surface area contributed by atoms with Gasteiger partial charge >= 0.3 is 0 Å². The molecule has 0 radical (unpaired) electrons. The van der Waals surface area contributed by atoms with Gasteiger partial charge in [0, 0.05) is 6.54 Å². The van der Waals surface area contributed by atoms with Crippen LogP contribution in [-0.4, -0.2) is 18.3 Å². The normalized spacial score (nSPS) is 15.7. The van der Waals surface area contributed by atoms with E-state index < -0.39 is 0 Å². The molecule has 0 aromatic heterocycles. The van der Waals surface area contributed by atoms with Crippen molar-refractivity contribution in [1.29, 1.82) is 0 Å². The first-order chi connectivity index (χ1) is 8.40. The quantitative estimate of drug-likeness (QED) is 0.571. The van der Waals surface area contributed by atoms with Crippen LogP contribution in [0, 0.1) is 0 Å². The number of hydrogen-bond acceptors (Lipinski definition) is 1. The van der Waals surface area contributed by atoms with Crippen molar-refractivity contribution in [3.63, 3.8) is 0 Å². The highest BCUT2D eigenvalue weighted by Crippen LogP contribution is 1.99. The summed E-state index contributed by atoms with van der Waals surface area (Å²) in [5.74, 6) is 0.459. The van der Waals surface area contributed by atoms with Crippen LogP contribution < -0.4 is 11.5 Å².